The Balaban J connectivity index is 2.49. The fourth-order valence-electron chi connectivity index (χ4n) is 1.23. The normalized spacial score (nSPS) is 15.3. The number of halogens is 1. The highest BCUT2D eigenvalue weighted by Crippen LogP contribution is 2.24. The molecule has 0 spiro atoms. The largest absolute Gasteiger partial charge is 0.491 e. The van der Waals surface area contributed by atoms with Gasteiger partial charge < -0.3 is 10.1 Å². The van der Waals surface area contributed by atoms with Gasteiger partial charge in [0.25, 0.3) is 0 Å². The van der Waals surface area contributed by atoms with Gasteiger partial charge in [0.1, 0.15) is 17.3 Å². The van der Waals surface area contributed by atoms with Crippen molar-refractivity contribution in [2.24, 2.45) is 0 Å². The average Bonchev–Trinajstić information content (AvgIpc) is 2.29. The first kappa shape index (κ1) is 8.97. The zero-order chi connectivity index (χ0) is 9.26. The Morgan fingerprint density at radius 3 is 3.15 bits per heavy atom. The monoisotopic (exact) mass is 257 g/mol. The summed E-state index contributed by atoms with van der Waals surface area (Å²) >= 11 is 8.60. The highest BCUT2D eigenvalue weighted by atomic mass is 79.9. The van der Waals surface area contributed by atoms with E-state index in [1.54, 1.807) is 0 Å². The van der Waals surface area contributed by atoms with Crippen LogP contribution in [0.4, 0.5) is 0 Å². The lowest BCUT2D eigenvalue weighted by Gasteiger charge is -2.06. The second kappa shape index (κ2) is 3.64. The summed E-state index contributed by atoms with van der Waals surface area (Å²) in [5, 5.41) is 3.11. The van der Waals surface area contributed by atoms with E-state index >= 15 is 0 Å². The van der Waals surface area contributed by atoms with Crippen molar-refractivity contribution in [3.05, 3.63) is 28.2 Å². The first-order valence-electron chi connectivity index (χ1n) is 3.98. The van der Waals surface area contributed by atoms with E-state index in [1.807, 2.05) is 18.2 Å². The van der Waals surface area contributed by atoms with Crippen LogP contribution in [-0.4, -0.2) is 18.1 Å². The molecular weight excluding hydrogens is 250 g/mol. The molecule has 4 heteroatoms. The second-order valence-corrected chi connectivity index (χ2v) is 4.07. The molecular formula is C9H8BrNOS. The van der Waals surface area contributed by atoms with Gasteiger partial charge in [-0.3, -0.25) is 0 Å². The summed E-state index contributed by atoms with van der Waals surface area (Å²) in [6, 6.07) is 5.85. The van der Waals surface area contributed by atoms with Crippen LogP contribution in [0.15, 0.2) is 22.7 Å². The van der Waals surface area contributed by atoms with Crippen molar-refractivity contribution in [2.75, 3.05) is 13.2 Å². The zero-order valence-corrected chi connectivity index (χ0v) is 9.24. The van der Waals surface area contributed by atoms with Crippen LogP contribution in [0.3, 0.4) is 0 Å². The van der Waals surface area contributed by atoms with Crippen LogP contribution < -0.4 is 10.1 Å². The van der Waals surface area contributed by atoms with E-state index in [0.717, 1.165) is 27.3 Å². The summed E-state index contributed by atoms with van der Waals surface area (Å²) in [6.07, 6.45) is 0. The molecule has 1 aromatic rings. The molecule has 1 heterocycles. The van der Waals surface area contributed by atoms with Gasteiger partial charge in [-0.15, -0.1) is 0 Å². The number of thiocarbonyl (C=S) groups is 1. The summed E-state index contributed by atoms with van der Waals surface area (Å²) in [5.41, 5.74) is 0.960. The summed E-state index contributed by atoms with van der Waals surface area (Å²) < 4.78 is 6.52. The molecule has 13 heavy (non-hydrogen) atoms. The fraction of sp³-hybridized carbons (Fsp3) is 0.222. The number of hydrogen-bond acceptors (Lipinski definition) is 2. The van der Waals surface area contributed by atoms with Gasteiger partial charge in [0, 0.05) is 11.0 Å². The van der Waals surface area contributed by atoms with Crippen LogP contribution in [0.25, 0.3) is 0 Å². The quantitative estimate of drug-likeness (QED) is 0.720. The van der Waals surface area contributed by atoms with Gasteiger partial charge in [0.2, 0.25) is 0 Å². The molecule has 0 atom stereocenters. The maximum absolute atomic E-state index is 5.50. The van der Waals surface area contributed by atoms with Gasteiger partial charge in [-0.2, -0.15) is 0 Å². The Bertz CT molecular complexity index is 353. The Morgan fingerprint density at radius 2 is 2.31 bits per heavy atom. The molecule has 0 bridgehead atoms. The second-order valence-electron chi connectivity index (χ2n) is 2.74. The number of benzene rings is 1. The third-order valence-corrected chi connectivity index (χ3v) is 2.69. The van der Waals surface area contributed by atoms with E-state index in [9.17, 15) is 0 Å². The number of hydrogen-bond donors (Lipinski definition) is 1. The number of rotatable bonds is 0. The highest BCUT2D eigenvalue weighted by molar-refractivity contribution is 9.10. The van der Waals surface area contributed by atoms with Gasteiger partial charge >= 0.3 is 0 Å². The minimum Gasteiger partial charge on any atom is -0.491 e. The van der Waals surface area contributed by atoms with E-state index in [0.29, 0.717) is 6.61 Å². The van der Waals surface area contributed by atoms with E-state index in [2.05, 4.69) is 21.2 Å². The van der Waals surface area contributed by atoms with Crippen LogP contribution >= 0.6 is 28.1 Å². The molecule has 2 rings (SSSR count). The predicted octanol–water partition coefficient (Wildman–Crippen LogP) is 2.11. The van der Waals surface area contributed by atoms with Crippen LogP contribution in [0.2, 0.25) is 0 Å². The number of ether oxygens (including phenoxy) is 1. The van der Waals surface area contributed by atoms with Gasteiger partial charge in [-0.25, -0.2) is 0 Å². The molecule has 0 aliphatic carbocycles. The maximum Gasteiger partial charge on any atom is 0.129 e. The third kappa shape index (κ3) is 1.84. The van der Waals surface area contributed by atoms with E-state index in [4.69, 9.17) is 17.0 Å². The van der Waals surface area contributed by atoms with Gasteiger partial charge in [-0.1, -0.05) is 28.1 Å². The molecule has 0 radical (unpaired) electrons. The maximum atomic E-state index is 5.50. The van der Waals surface area contributed by atoms with Crippen molar-refractivity contribution in [3.8, 4) is 5.75 Å². The van der Waals surface area contributed by atoms with Crippen molar-refractivity contribution in [3.63, 3.8) is 0 Å². The van der Waals surface area contributed by atoms with Crippen molar-refractivity contribution >= 4 is 33.1 Å². The first-order valence-corrected chi connectivity index (χ1v) is 5.18. The lowest BCUT2D eigenvalue weighted by molar-refractivity contribution is 0.327. The Morgan fingerprint density at radius 1 is 1.46 bits per heavy atom. The molecule has 0 amide bonds. The molecule has 2 nitrogen and oxygen atoms in total. The minimum atomic E-state index is 0.661. The van der Waals surface area contributed by atoms with Gasteiger partial charge in [0.05, 0.1) is 5.56 Å². The Kier molecular flexibility index (Phi) is 2.51. The van der Waals surface area contributed by atoms with Crippen LogP contribution in [0, 0.1) is 0 Å². The van der Waals surface area contributed by atoms with Crippen molar-refractivity contribution < 1.29 is 4.74 Å². The van der Waals surface area contributed by atoms with Gasteiger partial charge in [0.15, 0.2) is 0 Å². The molecule has 1 aliphatic heterocycles. The molecule has 1 N–H and O–H groups in total. The first-order chi connectivity index (χ1) is 6.27. The van der Waals surface area contributed by atoms with Crippen LogP contribution in [0.5, 0.6) is 5.75 Å². The summed E-state index contributed by atoms with van der Waals surface area (Å²) in [6.45, 7) is 1.43. The van der Waals surface area contributed by atoms with E-state index < -0.39 is 0 Å². The molecule has 68 valence electrons. The minimum absolute atomic E-state index is 0.661. The zero-order valence-electron chi connectivity index (χ0n) is 6.84. The number of nitrogens with one attached hydrogen (secondary N) is 1. The Labute approximate surface area is 90.4 Å². The summed E-state index contributed by atoms with van der Waals surface area (Å²) in [7, 11) is 0. The predicted molar refractivity (Wildman–Crippen MR) is 59.3 cm³/mol. The van der Waals surface area contributed by atoms with Crippen molar-refractivity contribution in [1.82, 2.24) is 5.32 Å². The molecule has 1 aromatic carbocycles. The topological polar surface area (TPSA) is 21.3 Å². The van der Waals surface area contributed by atoms with Crippen molar-refractivity contribution in [1.29, 1.82) is 0 Å². The average molecular weight is 258 g/mol. The smallest absolute Gasteiger partial charge is 0.129 e. The summed E-state index contributed by atoms with van der Waals surface area (Å²) in [5.74, 6) is 0.859. The highest BCUT2D eigenvalue weighted by Gasteiger charge is 2.12. The van der Waals surface area contributed by atoms with E-state index in [1.165, 1.54) is 0 Å². The molecule has 0 saturated carbocycles. The standard InChI is InChI=1S/C9H8BrNOS/c10-6-1-2-8-7(5-6)9(13)11-3-4-12-8/h1-2,5H,3-4H2,(H,11,13). The molecule has 1 aliphatic rings. The Hall–Kier alpha value is -0.610. The van der Waals surface area contributed by atoms with Crippen molar-refractivity contribution in [2.45, 2.75) is 0 Å². The van der Waals surface area contributed by atoms with Crippen LogP contribution in [-0.2, 0) is 0 Å². The van der Waals surface area contributed by atoms with Crippen LogP contribution in [0.1, 0.15) is 5.56 Å². The molecule has 0 saturated heterocycles. The van der Waals surface area contributed by atoms with Gasteiger partial charge in [-0.05, 0) is 18.2 Å². The molecule has 0 unspecified atom stereocenters. The van der Waals surface area contributed by atoms with E-state index in [-0.39, 0.29) is 0 Å². The lowest BCUT2D eigenvalue weighted by atomic mass is 10.2. The summed E-state index contributed by atoms with van der Waals surface area (Å²) in [4.78, 5) is 0.758. The SMILES string of the molecule is S=C1NCCOc2ccc(Br)cc21. The molecule has 0 aromatic heterocycles. The fourth-order valence-corrected chi connectivity index (χ4v) is 1.85. The lowest BCUT2D eigenvalue weighted by Crippen LogP contribution is -2.23. The number of fused-ring (bicyclic) bond motifs is 1. The third-order valence-electron chi connectivity index (χ3n) is 1.83. The molecule has 0 fully saturated rings.